The van der Waals surface area contributed by atoms with E-state index in [1.807, 2.05) is 18.7 Å². The Labute approximate surface area is 131 Å². The van der Waals surface area contributed by atoms with Crippen molar-refractivity contribution < 1.29 is 24.2 Å². The lowest BCUT2D eigenvalue weighted by atomic mass is 9.72. The maximum absolute atomic E-state index is 12.1. The van der Waals surface area contributed by atoms with Crippen molar-refractivity contribution in [1.29, 1.82) is 0 Å². The number of amides is 1. The zero-order chi connectivity index (χ0) is 16.9. The predicted molar refractivity (Wildman–Crippen MR) is 81.0 cm³/mol. The average molecular weight is 311 g/mol. The smallest absolute Gasteiger partial charge is 0.309 e. The number of carboxylic acids is 1. The van der Waals surface area contributed by atoms with E-state index in [4.69, 9.17) is 14.6 Å². The molecule has 1 heterocycles. The molecule has 0 saturated carbocycles. The molecule has 0 spiro atoms. The lowest BCUT2D eigenvalue weighted by molar-refractivity contribution is -0.152. The summed E-state index contributed by atoms with van der Waals surface area (Å²) in [7, 11) is 0. The van der Waals surface area contributed by atoms with Crippen LogP contribution in [-0.2, 0) is 19.1 Å². The van der Waals surface area contributed by atoms with Gasteiger partial charge in [0.25, 0.3) is 5.97 Å². The molecule has 1 amide bonds. The van der Waals surface area contributed by atoms with Crippen LogP contribution >= 0.6 is 0 Å². The normalized spacial score (nSPS) is 29.2. The van der Waals surface area contributed by atoms with E-state index in [9.17, 15) is 9.59 Å². The first kappa shape index (κ1) is 18.2. The molecule has 4 atom stereocenters. The molecule has 1 saturated heterocycles. The summed E-state index contributed by atoms with van der Waals surface area (Å²) in [4.78, 5) is 34.4. The SMILES string of the molecule is CC(=O)O.CCOC(=O)[C@@H]1[C@H]2CN(C(C)=O)C[C@@H]2C=C[C@@H]1C. The van der Waals surface area contributed by atoms with Gasteiger partial charge in [-0.3, -0.25) is 14.4 Å². The Hall–Kier alpha value is -1.85. The molecule has 1 aliphatic heterocycles. The number of ether oxygens (including phenoxy) is 1. The number of aliphatic carboxylic acids is 1. The van der Waals surface area contributed by atoms with Crippen molar-refractivity contribution in [3.63, 3.8) is 0 Å². The molecule has 6 nitrogen and oxygen atoms in total. The highest BCUT2D eigenvalue weighted by Gasteiger charge is 2.45. The van der Waals surface area contributed by atoms with Gasteiger partial charge in [-0.2, -0.15) is 0 Å². The molecule has 22 heavy (non-hydrogen) atoms. The molecule has 6 heteroatoms. The number of likely N-dealkylation sites (tertiary alicyclic amines) is 1. The largest absolute Gasteiger partial charge is 0.481 e. The second-order valence-corrected chi connectivity index (χ2v) is 5.79. The Balaban J connectivity index is 0.000000541. The summed E-state index contributed by atoms with van der Waals surface area (Å²) in [5.41, 5.74) is 0. The van der Waals surface area contributed by atoms with Crippen molar-refractivity contribution >= 4 is 17.8 Å². The van der Waals surface area contributed by atoms with E-state index < -0.39 is 5.97 Å². The molecule has 0 bridgehead atoms. The fourth-order valence-corrected chi connectivity index (χ4v) is 3.15. The second kappa shape index (κ2) is 7.96. The number of fused-ring (bicyclic) bond motifs is 1. The summed E-state index contributed by atoms with van der Waals surface area (Å²) in [6.45, 7) is 8.38. The Bertz CT molecular complexity index is 455. The Morgan fingerprint density at radius 3 is 2.32 bits per heavy atom. The average Bonchev–Trinajstić information content (AvgIpc) is 2.82. The molecule has 0 aromatic rings. The van der Waals surface area contributed by atoms with Gasteiger partial charge >= 0.3 is 5.97 Å². The Kier molecular flexibility index (Phi) is 6.59. The van der Waals surface area contributed by atoms with Crippen LogP contribution in [0.3, 0.4) is 0 Å². The summed E-state index contributed by atoms with van der Waals surface area (Å²) in [5.74, 6) is -0.253. The first-order valence-electron chi connectivity index (χ1n) is 7.57. The van der Waals surface area contributed by atoms with Crippen LogP contribution in [0.5, 0.6) is 0 Å². The highest BCUT2D eigenvalue weighted by atomic mass is 16.5. The highest BCUT2D eigenvalue weighted by molar-refractivity contribution is 5.76. The molecule has 0 unspecified atom stereocenters. The topological polar surface area (TPSA) is 83.9 Å². The number of carbonyl (C=O) groups is 3. The van der Waals surface area contributed by atoms with Crippen LogP contribution in [0.2, 0.25) is 0 Å². The van der Waals surface area contributed by atoms with Crippen molar-refractivity contribution in [2.75, 3.05) is 19.7 Å². The van der Waals surface area contributed by atoms with E-state index in [-0.39, 0.29) is 29.6 Å². The van der Waals surface area contributed by atoms with E-state index in [1.54, 1.807) is 6.92 Å². The lowest BCUT2D eigenvalue weighted by Crippen LogP contribution is -2.37. The van der Waals surface area contributed by atoms with E-state index >= 15 is 0 Å². The maximum Gasteiger partial charge on any atom is 0.309 e. The Morgan fingerprint density at radius 2 is 1.82 bits per heavy atom. The van der Waals surface area contributed by atoms with Crippen molar-refractivity contribution in [1.82, 2.24) is 4.90 Å². The summed E-state index contributed by atoms with van der Waals surface area (Å²) >= 11 is 0. The Morgan fingerprint density at radius 1 is 1.23 bits per heavy atom. The number of carboxylic acid groups (broad SMARTS) is 1. The van der Waals surface area contributed by atoms with Crippen LogP contribution in [0.15, 0.2) is 12.2 Å². The summed E-state index contributed by atoms with van der Waals surface area (Å²) in [5, 5.41) is 7.42. The molecule has 0 radical (unpaired) electrons. The first-order chi connectivity index (χ1) is 10.3. The van der Waals surface area contributed by atoms with Crippen LogP contribution in [0.25, 0.3) is 0 Å². The second-order valence-electron chi connectivity index (χ2n) is 5.79. The fraction of sp³-hybridized carbons (Fsp3) is 0.688. The third kappa shape index (κ3) is 4.58. The fourth-order valence-electron chi connectivity index (χ4n) is 3.15. The number of esters is 1. The molecular weight excluding hydrogens is 286 g/mol. The van der Waals surface area contributed by atoms with Crippen LogP contribution in [0, 0.1) is 23.7 Å². The monoisotopic (exact) mass is 311 g/mol. The number of nitrogens with zero attached hydrogens (tertiary/aromatic N) is 1. The van der Waals surface area contributed by atoms with Gasteiger partial charge in [0.2, 0.25) is 5.91 Å². The van der Waals surface area contributed by atoms with Gasteiger partial charge in [0.15, 0.2) is 0 Å². The van der Waals surface area contributed by atoms with E-state index in [0.717, 1.165) is 13.5 Å². The van der Waals surface area contributed by atoms with Gasteiger partial charge in [0.1, 0.15) is 0 Å². The molecule has 2 aliphatic rings. The van der Waals surface area contributed by atoms with Crippen LogP contribution in [0.4, 0.5) is 0 Å². The predicted octanol–water partition coefficient (Wildman–Crippen LogP) is 1.56. The van der Waals surface area contributed by atoms with Crippen molar-refractivity contribution in [2.45, 2.75) is 27.7 Å². The summed E-state index contributed by atoms with van der Waals surface area (Å²) in [6.07, 6.45) is 4.25. The van der Waals surface area contributed by atoms with Gasteiger partial charge in [0, 0.05) is 26.9 Å². The van der Waals surface area contributed by atoms with Gasteiger partial charge in [-0.05, 0) is 24.7 Å². The van der Waals surface area contributed by atoms with Crippen molar-refractivity contribution in [3.8, 4) is 0 Å². The molecule has 1 N–H and O–H groups in total. The molecule has 2 rings (SSSR count). The molecule has 0 aromatic heterocycles. The van der Waals surface area contributed by atoms with Crippen LogP contribution in [-0.4, -0.2) is 47.5 Å². The minimum absolute atomic E-state index is 0.0908. The molecule has 124 valence electrons. The third-order valence-electron chi connectivity index (χ3n) is 4.11. The third-order valence-corrected chi connectivity index (χ3v) is 4.11. The molecule has 1 fully saturated rings. The van der Waals surface area contributed by atoms with Gasteiger partial charge in [-0.25, -0.2) is 0 Å². The zero-order valence-electron chi connectivity index (χ0n) is 13.6. The standard InChI is InChI=1S/C14H21NO3.C2H4O2/c1-4-18-14(17)13-9(2)5-6-11-7-15(10(3)16)8-12(11)13;1-2(3)4/h5-6,9,11-13H,4,7-8H2,1-3H3;1H3,(H,3,4)/t9-,11-,12-,13-;/m0./s1. The van der Waals surface area contributed by atoms with E-state index in [1.165, 1.54) is 0 Å². The lowest BCUT2D eigenvalue weighted by Gasteiger charge is -2.31. The van der Waals surface area contributed by atoms with Gasteiger partial charge in [0.05, 0.1) is 12.5 Å². The van der Waals surface area contributed by atoms with Crippen molar-refractivity contribution in [3.05, 3.63) is 12.2 Å². The minimum Gasteiger partial charge on any atom is -0.481 e. The van der Waals surface area contributed by atoms with Gasteiger partial charge in [-0.1, -0.05) is 19.1 Å². The number of hydrogen-bond acceptors (Lipinski definition) is 4. The molecular formula is C16H25NO5. The van der Waals surface area contributed by atoms with E-state index in [0.29, 0.717) is 19.1 Å². The quantitative estimate of drug-likeness (QED) is 0.618. The van der Waals surface area contributed by atoms with Crippen LogP contribution < -0.4 is 0 Å². The molecule has 0 aromatic carbocycles. The number of rotatable bonds is 2. The number of hydrogen-bond donors (Lipinski definition) is 1. The van der Waals surface area contributed by atoms with Gasteiger partial charge in [-0.15, -0.1) is 0 Å². The molecule has 1 aliphatic carbocycles. The summed E-state index contributed by atoms with van der Waals surface area (Å²) < 4.78 is 5.18. The van der Waals surface area contributed by atoms with E-state index in [2.05, 4.69) is 12.2 Å². The number of carbonyl (C=O) groups excluding carboxylic acids is 2. The van der Waals surface area contributed by atoms with Crippen molar-refractivity contribution in [2.24, 2.45) is 23.7 Å². The minimum atomic E-state index is -0.833. The number of allylic oxidation sites excluding steroid dienone is 1. The maximum atomic E-state index is 12.1. The zero-order valence-corrected chi connectivity index (χ0v) is 13.6. The highest BCUT2D eigenvalue weighted by Crippen LogP contribution is 2.39. The first-order valence-corrected chi connectivity index (χ1v) is 7.57. The summed E-state index contributed by atoms with van der Waals surface area (Å²) in [6, 6.07) is 0. The van der Waals surface area contributed by atoms with Crippen LogP contribution in [0.1, 0.15) is 27.7 Å². The van der Waals surface area contributed by atoms with Gasteiger partial charge < -0.3 is 14.7 Å².